The van der Waals surface area contributed by atoms with Crippen molar-refractivity contribution in [3.8, 4) is 17.0 Å². The van der Waals surface area contributed by atoms with E-state index in [1.165, 1.54) is 0 Å². The number of rotatable bonds is 7. The molecule has 0 amide bonds. The molecule has 0 radical (unpaired) electrons. The Morgan fingerprint density at radius 1 is 1.10 bits per heavy atom. The van der Waals surface area contributed by atoms with Crippen LogP contribution in [-0.2, 0) is 11.3 Å². The quantitative estimate of drug-likeness (QED) is 0.762. The fourth-order valence-electron chi connectivity index (χ4n) is 1.98. The summed E-state index contributed by atoms with van der Waals surface area (Å²) in [5.74, 6) is 0.792. The normalized spacial score (nSPS) is 10.6. The Balaban J connectivity index is 2.08. The van der Waals surface area contributed by atoms with E-state index in [2.05, 4.69) is 10.3 Å². The maximum Gasteiger partial charge on any atom is 0.252 e. The summed E-state index contributed by atoms with van der Waals surface area (Å²) in [6.45, 7) is 1.87. The lowest BCUT2D eigenvalue weighted by atomic mass is 10.1. The van der Waals surface area contributed by atoms with Crippen LogP contribution in [-0.4, -0.2) is 32.4 Å². The van der Waals surface area contributed by atoms with Crippen molar-refractivity contribution in [1.82, 2.24) is 10.3 Å². The zero-order valence-corrected chi connectivity index (χ0v) is 12.3. The summed E-state index contributed by atoms with van der Waals surface area (Å²) < 4.78 is 10.1. The minimum atomic E-state index is -0.0757. The third-order valence-corrected chi connectivity index (χ3v) is 3.19. The standard InChI is InChI=1S/C16H20N2O3/c1-20-10-9-17-11-13-5-8-15(18-16(13)19)12-3-6-14(21-2)7-4-12/h3-8,17H,9-11H2,1-2H3,(H,18,19). The van der Waals surface area contributed by atoms with Crippen molar-refractivity contribution >= 4 is 0 Å². The average molecular weight is 288 g/mol. The molecule has 21 heavy (non-hydrogen) atoms. The highest BCUT2D eigenvalue weighted by Gasteiger charge is 2.03. The van der Waals surface area contributed by atoms with E-state index < -0.39 is 0 Å². The Kier molecular flexibility index (Phi) is 5.54. The van der Waals surface area contributed by atoms with Gasteiger partial charge in [0.05, 0.1) is 13.7 Å². The number of nitrogens with one attached hydrogen (secondary N) is 2. The molecular weight excluding hydrogens is 268 g/mol. The molecule has 5 heteroatoms. The predicted molar refractivity (Wildman–Crippen MR) is 82.6 cm³/mol. The van der Waals surface area contributed by atoms with Crippen LogP contribution >= 0.6 is 0 Å². The second kappa shape index (κ2) is 7.61. The molecule has 1 heterocycles. The summed E-state index contributed by atoms with van der Waals surface area (Å²) in [6.07, 6.45) is 0. The van der Waals surface area contributed by atoms with Crippen molar-refractivity contribution in [2.45, 2.75) is 6.54 Å². The number of H-pyrrole nitrogens is 1. The monoisotopic (exact) mass is 288 g/mol. The molecule has 0 aliphatic heterocycles. The predicted octanol–water partition coefficient (Wildman–Crippen LogP) is 1.79. The Bertz CT molecular complexity index is 620. The fraction of sp³-hybridized carbons (Fsp3) is 0.312. The molecule has 112 valence electrons. The van der Waals surface area contributed by atoms with Gasteiger partial charge in [-0.05, 0) is 35.9 Å². The molecule has 0 atom stereocenters. The van der Waals surface area contributed by atoms with Crippen LogP contribution < -0.4 is 15.6 Å². The van der Waals surface area contributed by atoms with Gasteiger partial charge >= 0.3 is 0 Å². The highest BCUT2D eigenvalue weighted by molar-refractivity contribution is 5.60. The van der Waals surface area contributed by atoms with E-state index in [0.29, 0.717) is 18.7 Å². The zero-order valence-electron chi connectivity index (χ0n) is 12.3. The molecular formula is C16H20N2O3. The van der Waals surface area contributed by atoms with Crippen LogP contribution in [0, 0.1) is 0 Å². The summed E-state index contributed by atoms with van der Waals surface area (Å²) in [5.41, 5.74) is 2.38. The number of hydrogen-bond acceptors (Lipinski definition) is 4. The van der Waals surface area contributed by atoms with Crippen LogP contribution in [0.5, 0.6) is 5.75 Å². The zero-order chi connectivity index (χ0) is 15.1. The summed E-state index contributed by atoms with van der Waals surface area (Å²) in [4.78, 5) is 15.0. The minimum Gasteiger partial charge on any atom is -0.497 e. The first kappa shape index (κ1) is 15.3. The molecule has 2 rings (SSSR count). The molecule has 0 bridgehead atoms. The molecule has 0 aliphatic rings. The van der Waals surface area contributed by atoms with Crippen LogP contribution in [0.4, 0.5) is 0 Å². The second-order valence-corrected chi connectivity index (χ2v) is 4.62. The largest absolute Gasteiger partial charge is 0.497 e. The second-order valence-electron chi connectivity index (χ2n) is 4.62. The molecule has 0 saturated heterocycles. The lowest BCUT2D eigenvalue weighted by Gasteiger charge is -2.06. The van der Waals surface area contributed by atoms with Crippen LogP contribution in [0.3, 0.4) is 0 Å². The summed E-state index contributed by atoms with van der Waals surface area (Å²) in [7, 11) is 3.28. The van der Waals surface area contributed by atoms with E-state index in [9.17, 15) is 4.79 Å². The van der Waals surface area contributed by atoms with Gasteiger partial charge < -0.3 is 19.8 Å². The van der Waals surface area contributed by atoms with Crippen molar-refractivity contribution in [2.24, 2.45) is 0 Å². The van der Waals surface area contributed by atoms with Crippen molar-refractivity contribution < 1.29 is 9.47 Å². The number of benzene rings is 1. The number of pyridine rings is 1. The summed E-state index contributed by atoms with van der Waals surface area (Å²) in [5, 5.41) is 3.16. The van der Waals surface area contributed by atoms with E-state index in [4.69, 9.17) is 9.47 Å². The van der Waals surface area contributed by atoms with Gasteiger partial charge in [0, 0.05) is 31.5 Å². The highest BCUT2D eigenvalue weighted by Crippen LogP contribution is 2.19. The molecule has 1 aromatic heterocycles. The molecule has 2 aromatic rings. The number of aromatic nitrogens is 1. The van der Waals surface area contributed by atoms with Crippen molar-refractivity contribution in [3.05, 3.63) is 52.3 Å². The van der Waals surface area contributed by atoms with Crippen molar-refractivity contribution in [1.29, 1.82) is 0 Å². The maximum absolute atomic E-state index is 12.0. The third-order valence-electron chi connectivity index (χ3n) is 3.19. The molecule has 5 nitrogen and oxygen atoms in total. The van der Waals surface area contributed by atoms with E-state index in [1.54, 1.807) is 14.2 Å². The van der Waals surface area contributed by atoms with Gasteiger partial charge in [-0.25, -0.2) is 0 Å². The van der Waals surface area contributed by atoms with Crippen LogP contribution in [0.2, 0.25) is 0 Å². The first-order valence-electron chi connectivity index (χ1n) is 6.81. The summed E-state index contributed by atoms with van der Waals surface area (Å²) in [6, 6.07) is 11.3. The molecule has 1 aromatic carbocycles. The van der Waals surface area contributed by atoms with Gasteiger partial charge in [-0.2, -0.15) is 0 Å². The highest BCUT2D eigenvalue weighted by atomic mass is 16.5. The molecule has 0 fully saturated rings. The van der Waals surface area contributed by atoms with Gasteiger partial charge in [0.25, 0.3) is 5.56 Å². The Morgan fingerprint density at radius 3 is 2.48 bits per heavy atom. The molecule has 0 aliphatic carbocycles. The first-order chi connectivity index (χ1) is 10.2. The Morgan fingerprint density at radius 2 is 1.86 bits per heavy atom. The van der Waals surface area contributed by atoms with E-state index in [1.807, 2.05) is 36.4 Å². The van der Waals surface area contributed by atoms with E-state index in [0.717, 1.165) is 23.6 Å². The number of methoxy groups -OCH3 is 2. The van der Waals surface area contributed by atoms with Crippen molar-refractivity contribution in [2.75, 3.05) is 27.4 Å². The Labute approximate surface area is 123 Å². The third kappa shape index (κ3) is 4.18. The van der Waals surface area contributed by atoms with E-state index in [-0.39, 0.29) is 5.56 Å². The Hall–Kier alpha value is -2.11. The maximum atomic E-state index is 12.0. The molecule has 0 unspecified atom stereocenters. The van der Waals surface area contributed by atoms with Gasteiger partial charge in [0.1, 0.15) is 5.75 Å². The van der Waals surface area contributed by atoms with Gasteiger partial charge in [0.2, 0.25) is 0 Å². The van der Waals surface area contributed by atoms with E-state index >= 15 is 0 Å². The van der Waals surface area contributed by atoms with Crippen LogP contribution in [0.15, 0.2) is 41.2 Å². The van der Waals surface area contributed by atoms with Gasteiger partial charge in [-0.1, -0.05) is 6.07 Å². The van der Waals surface area contributed by atoms with Gasteiger partial charge in [0.15, 0.2) is 0 Å². The van der Waals surface area contributed by atoms with Gasteiger partial charge in [-0.15, -0.1) is 0 Å². The van der Waals surface area contributed by atoms with Crippen LogP contribution in [0.25, 0.3) is 11.3 Å². The van der Waals surface area contributed by atoms with Gasteiger partial charge in [-0.3, -0.25) is 4.79 Å². The van der Waals surface area contributed by atoms with Crippen molar-refractivity contribution in [3.63, 3.8) is 0 Å². The first-order valence-corrected chi connectivity index (χ1v) is 6.81. The smallest absolute Gasteiger partial charge is 0.252 e. The number of ether oxygens (including phenoxy) is 2. The lowest BCUT2D eigenvalue weighted by molar-refractivity contribution is 0.199. The topological polar surface area (TPSA) is 63.4 Å². The lowest BCUT2D eigenvalue weighted by Crippen LogP contribution is -2.23. The molecule has 0 saturated carbocycles. The number of aromatic amines is 1. The SMILES string of the molecule is COCCNCc1ccc(-c2ccc(OC)cc2)[nH]c1=O. The molecule has 2 N–H and O–H groups in total. The average Bonchev–Trinajstić information content (AvgIpc) is 2.53. The fourth-order valence-corrected chi connectivity index (χ4v) is 1.98. The minimum absolute atomic E-state index is 0.0757. The molecule has 0 spiro atoms. The number of hydrogen-bond donors (Lipinski definition) is 2. The summed E-state index contributed by atoms with van der Waals surface area (Å²) >= 11 is 0. The van der Waals surface area contributed by atoms with Crippen LogP contribution in [0.1, 0.15) is 5.56 Å².